The van der Waals surface area contributed by atoms with Gasteiger partial charge in [-0.05, 0) is 23.8 Å². The van der Waals surface area contributed by atoms with Crippen LogP contribution in [0.4, 0.5) is 5.69 Å². The van der Waals surface area contributed by atoms with Gasteiger partial charge in [0.2, 0.25) is 5.91 Å². The van der Waals surface area contributed by atoms with Crippen molar-refractivity contribution in [3.05, 3.63) is 65.2 Å². The summed E-state index contributed by atoms with van der Waals surface area (Å²) < 4.78 is 4.71. The lowest BCUT2D eigenvalue weighted by atomic mass is 10.0. The van der Waals surface area contributed by atoms with E-state index in [0.29, 0.717) is 5.69 Å². The molecule has 2 amide bonds. The van der Waals surface area contributed by atoms with Gasteiger partial charge in [0, 0.05) is 0 Å². The van der Waals surface area contributed by atoms with Gasteiger partial charge in [0.25, 0.3) is 5.91 Å². The fourth-order valence-corrected chi connectivity index (χ4v) is 2.51. The molecule has 1 N–H and O–H groups in total. The van der Waals surface area contributed by atoms with Crippen LogP contribution in [0.3, 0.4) is 0 Å². The van der Waals surface area contributed by atoms with Crippen LogP contribution in [0, 0.1) is 0 Å². The number of esters is 1. The number of hydrazine groups is 1. The highest BCUT2D eigenvalue weighted by molar-refractivity contribution is 6.14. The Hall–Kier alpha value is -3.15. The molecule has 3 rings (SSSR count). The number of nitrogens with zero attached hydrogens (tertiary/aromatic N) is 1. The summed E-state index contributed by atoms with van der Waals surface area (Å²) in [6, 6.07) is 13.5. The highest BCUT2D eigenvalue weighted by atomic mass is 16.5. The Kier molecular flexibility index (Phi) is 3.80. The van der Waals surface area contributed by atoms with E-state index in [9.17, 15) is 14.4 Å². The number of ether oxygens (including phenoxy) is 1. The normalized spacial score (nSPS) is 13.1. The molecule has 0 saturated carbocycles. The molecule has 0 unspecified atom stereocenters. The molecule has 0 atom stereocenters. The van der Waals surface area contributed by atoms with E-state index < -0.39 is 11.9 Å². The molecule has 1 aliphatic rings. The van der Waals surface area contributed by atoms with Crippen LogP contribution in [0.5, 0.6) is 0 Å². The van der Waals surface area contributed by atoms with Crippen LogP contribution in [0.15, 0.2) is 48.5 Å². The monoisotopic (exact) mass is 310 g/mol. The zero-order valence-electron chi connectivity index (χ0n) is 12.4. The lowest BCUT2D eigenvalue weighted by Gasteiger charge is -2.29. The summed E-state index contributed by atoms with van der Waals surface area (Å²) in [4.78, 5) is 36.6. The van der Waals surface area contributed by atoms with Crippen molar-refractivity contribution in [3.8, 4) is 0 Å². The van der Waals surface area contributed by atoms with Crippen LogP contribution < -0.4 is 10.4 Å². The van der Waals surface area contributed by atoms with Crippen LogP contribution in [0.25, 0.3) is 0 Å². The Morgan fingerprint density at radius 2 is 1.70 bits per heavy atom. The molecule has 1 heterocycles. The van der Waals surface area contributed by atoms with Gasteiger partial charge in [-0.15, -0.1) is 0 Å². The molecule has 0 fully saturated rings. The van der Waals surface area contributed by atoms with Crippen molar-refractivity contribution in [2.24, 2.45) is 0 Å². The number of para-hydroxylation sites is 1. The number of methoxy groups -OCH3 is 1. The number of nitrogens with one attached hydrogen (secondary N) is 1. The van der Waals surface area contributed by atoms with Crippen LogP contribution in [-0.2, 0) is 16.0 Å². The van der Waals surface area contributed by atoms with Crippen molar-refractivity contribution in [2.75, 3.05) is 12.1 Å². The number of carbonyl (C=O) groups is 3. The molecular weight excluding hydrogens is 296 g/mol. The zero-order valence-corrected chi connectivity index (χ0v) is 12.4. The van der Waals surface area contributed by atoms with Crippen LogP contribution in [0.2, 0.25) is 0 Å². The predicted octanol–water partition coefficient (Wildman–Crippen LogP) is 1.71. The molecule has 0 saturated heterocycles. The third kappa shape index (κ3) is 2.66. The highest BCUT2D eigenvalue weighted by Gasteiger charge is 2.29. The summed E-state index contributed by atoms with van der Waals surface area (Å²) in [5, 5.41) is 1.17. The summed E-state index contributed by atoms with van der Waals surface area (Å²) in [5.41, 5.74) is 4.21. The maximum absolute atomic E-state index is 12.9. The third-order valence-corrected chi connectivity index (χ3v) is 3.59. The van der Waals surface area contributed by atoms with Gasteiger partial charge in [-0.2, -0.15) is 0 Å². The smallest absolute Gasteiger partial charge is 0.338 e. The SMILES string of the molecule is COC(=O)c1ccccc1C(=O)N1NC(=O)Cc2ccccc21. The molecule has 0 spiro atoms. The van der Waals surface area contributed by atoms with Crippen molar-refractivity contribution in [1.82, 2.24) is 5.43 Å². The maximum Gasteiger partial charge on any atom is 0.338 e. The molecule has 6 nitrogen and oxygen atoms in total. The van der Waals surface area contributed by atoms with Crippen molar-refractivity contribution in [1.29, 1.82) is 0 Å². The molecule has 0 aliphatic carbocycles. The molecule has 0 bridgehead atoms. The van der Waals surface area contributed by atoms with E-state index in [-0.39, 0.29) is 23.5 Å². The van der Waals surface area contributed by atoms with Gasteiger partial charge in [0.15, 0.2) is 0 Å². The van der Waals surface area contributed by atoms with Gasteiger partial charge >= 0.3 is 5.97 Å². The molecule has 23 heavy (non-hydrogen) atoms. The lowest BCUT2D eigenvalue weighted by molar-refractivity contribution is -0.120. The van der Waals surface area contributed by atoms with E-state index in [0.717, 1.165) is 5.56 Å². The summed E-state index contributed by atoms with van der Waals surface area (Å²) in [5.74, 6) is -1.38. The van der Waals surface area contributed by atoms with Gasteiger partial charge in [-0.1, -0.05) is 30.3 Å². The standard InChI is InChI=1S/C17H14N2O4/c1-23-17(22)13-8-4-3-7-12(13)16(21)19-14-9-5-2-6-11(14)10-15(20)18-19/h2-9H,10H2,1H3,(H,18,20). The van der Waals surface area contributed by atoms with Gasteiger partial charge < -0.3 is 4.74 Å². The van der Waals surface area contributed by atoms with Gasteiger partial charge in [-0.25, -0.2) is 9.80 Å². The number of anilines is 1. The zero-order chi connectivity index (χ0) is 16.4. The number of hydrogen-bond donors (Lipinski definition) is 1. The fraction of sp³-hybridized carbons (Fsp3) is 0.118. The number of hydrogen-bond acceptors (Lipinski definition) is 4. The Morgan fingerprint density at radius 1 is 1.04 bits per heavy atom. The first-order chi connectivity index (χ1) is 11.1. The molecule has 1 aliphatic heterocycles. The first-order valence-corrected chi connectivity index (χ1v) is 7.01. The van der Waals surface area contributed by atoms with Crippen molar-refractivity contribution < 1.29 is 19.1 Å². The van der Waals surface area contributed by atoms with E-state index in [2.05, 4.69) is 5.43 Å². The molecule has 116 valence electrons. The Bertz CT molecular complexity index is 801. The van der Waals surface area contributed by atoms with Crippen molar-refractivity contribution in [2.45, 2.75) is 6.42 Å². The number of amides is 2. The minimum atomic E-state index is -0.606. The number of fused-ring (bicyclic) bond motifs is 1. The number of benzene rings is 2. The third-order valence-electron chi connectivity index (χ3n) is 3.59. The molecule has 2 aromatic rings. The minimum Gasteiger partial charge on any atom is -0.465 e. The van der Waals surface area contributed by atoms with Crippen molar-refractivity contribution >= 4 is 23.5 Å². The van der Waals surface area contributed by atoms with Crippen LogP contribution in [-0.4, -0.2) is 24.9 Å². The topological polar surface area (TPSA) is 75.7 Å². The summed E-state index contributed by atoms with van der Waals surface area (Å²) in [6.07, 6.45) is 0.207. The van der Waals surface area contributed by atoms with E-state index >= 15 is 0 Å². The second-order valence-corrected chi connectivity index (χ2v) is 5.02. The largest absolute Gasteiger partial charge is 0.465 e. The Balaban J connectivity index is 2.05. The minimum absolute atomic E-state index is 0.150. The first kappa shape index (κ1) is 14.8. The summed E-state index contributed by atoms with van der Waals surface area (Å²) >= 11 is 0. The molecule has 0 radical (unpaired) electrons. The van der Waals surface area contributed by atoms with E-state index in [1.54, 1.807) is 30.3 Å². The Morgan fingerprint density at radius 3 is 2.43 bits per heavy atom. The second kappa shape index (κ2) is 5.92. The van der Waals surface area contributed by atoms with E-state index in [1.165, 1.54) is 24.3 Å². The predicted molar refractivity (Wildman–Crippen MR) is 82.9 cm³/mol. The quantitative estimate of drug-likeness (QED) is 0.857. The second-order valence-electron chi connectivity index (χ2n) is 5.02. The maximum atomic E-state index is 12.9. The fourth-order valence-electron chi connectivity index (χ4n) is 2.51. The average Bonchev–Trinajstić information content (AvgIpc) is 2.59. The molecule has 2 aromatic carbocycles. The average molecular weight is 310 g/mol. The number of carbonyl (C=O) groups excluding carboxylic acids is 3. The lowest BCUT2D eigenvalue weighted by Crippen LogP contribution is -2.50. The number of rotatable bonds is 2. The van der Waals surface area contributed by atoms with Crippen LogP contribution >= 0.6 is 0 Å². The molecular formula is C17H14N2O4. The highest BCUT2D eigenvalue weighted by Crippen LogP contribution is 2.25. The van der Waals surface area contributed by atoms with Gasteiger partial charge in [0.05, 0.1) is 30.3 Å². The van der Waals surface area contributed by atoms with Crippen molar-refractivity contribution in [3.63, 3.8) is 0 Å². The van der Waals surface area contributed by atoms with Crippen LogP contribution in [0.1, 0.15) is 26.3 Å². The Labute approximate surface area is 132 Å². The molecule has 0 aromatic heterocycles. The van der Waals surface area contributed by atoms with Gasteiger partial charge in [-0.3, -0.25) is 15.0 Å². The first-order valence-electron chi connectivity index (χ1n) is 7.01. The van der Waals surface area contributed by atoms with E-state index in [4.69, 9.17) is 4.74 Å². The molecule has 6 heteroatoms. The van der Waals surface area contributed by atoms with E-state index in [1.807, 2.05) is 6.07 Å². The summed E-state index contributed by atoms with van der Waals surface area (Å²) in [7, 11) is 1.25. The summed E-state index contributed by atoms with van der Waals surface area (Å²) in [6.45, 7) is 0. The van der Waals surface area contributed by atoms with Gasteiger partial charge in [0.1, 0.15) is 0 Å².